The van der Waals surface area contributed by atoms with Crippen molar-refractivity contribution >= 4 is 63.1 Å². The normalized spacial score (nSPS) is 25.5. The van der Waals surface area contributed by atoms with E-state index >= 15 is 0 Å². The van der Waals surface area contributed by atoms with Crippen LogP contribution >= 0.6 is 45.8 Å². The van der Waals surface area contributed by atoms with Gasteiger partial charge in [-0.1, -0.05) is 23.2 Å². The van der Waals surface area contributed by atoms with Crippen LogP contribution in [-0.4, -0.2) is 16.6 Å². The minimum atomic E-state index is -1.04. The van der Waals surface area contributed by atoms with Crippen molar-refractivity contribution < 1.29 is 9.84 Å². The smallest absolute Gasteiger partial charge is 0.204 e. The molecule has 1 spiro atoms. The number of halogens is 3. The van der Waals surface area contributed by atoms with Crippen LogP contribution in [0.5, 0.6) is 0 Å². The Kier molecular flexibility index (Phi) is 4.58. The van der Waals surface area contributed by atoms with Crippen LogP contribution in [0.3, 0.4) is 0 Å². The fourth-order valence-electron chi connectivity index (χ4n) is 3.25. The Balaban J connectivity index is 1.82. The van der Waals surface area contributed by atoms with E-state index in [0.29, 0.717) is 21.7 Å². The summed E-state index contributed by atoms with van der Waals surface area (Å²) < 4.78 is 7.04. The third-order valence-electron chi connectivity index (χ3n) is 5.08. The SMILES string of the molecule is CC1(O)C(I)=C(c2ccc(Cl)cc2)OC(=Nc2ccc(Cl)cc2)C12CC2. The molecule has 4 rings (SSSR count). The lowest BCUT2D eigenvalue weighted by Crippen LogP contribution is -2.46. The Bertz CT molecular complexity index is 914. The molecule has 1 saturated carbocycles. The van der Waals surface area contributed by atoms with Crippen molar-refractivity contribution in [3.63, 3.8) is 0 Å². The first-order valence-electron chi connectivity index (χ1n) is 8.25. The molecule has 0 saturated heterocycles. The molecular formula is C20H16Cl2INO2. The third-order valence-corrected chi connectivity index (χ3v) is 7.12. The van der Waals surface area contributed by atoms with Gasteiger partial charge >= 0.3 is 0 Å². The van der Waals surface area contributed by atoms with E-state index in [1.165, 1.54) is 0 Å². The molecule has 26 heavy (non-hydrogen) atoms. The molecule has 2 aromatic rings. The Morgan fingerprint density at radius 1 is 1.00 bits per heavy atom. The molecule has 0 amide bonds. The standard InChI is InChI=1S/C20H16Cl2INO2/c1-19(25)17(23)16(12-2-4-13(21)5-3-12)26-18(20(19)10-11-20)24-15-8-6-14(22)7-9-15/h2-9,25H,10-11H2,1H3. The first-order valence-corrected chi connectivity index (χ1v) is 10.1. The highest BCUT2D eigenvalue weighted by atomic mass is 127. The van der Waals surface area contributed by atoms with Gasteiger partial charge in [-0.05, 0) is 90.9 Å². The summed E-state index contributed by atoms with van der Waals surface area (Å²) in [7, 11) is 0. The fourth-order valence-corrected chi connectivity index (χ4v) is 4.44. The molecule has 0 bridgehead atoms. The molecule has 1 aliphatic carbocycles. The topological polar surface area (TPSA) is 41.8 Å². The second kappa shape index (κ2) is 6.51. The number of aliphatic hydroxyl groups is 1. The van der Waals surface area contributed by atoms with E-state index in [4.69, 9.17) is 32.9 Å². The van der Waals surface area contributed by atoms with Crippen molar-refractivity contribution in [2.75, 3.05) is 0 Å². The molecule has 134 valence electrons. The molecule has 1 aliphatic heterocycles. The van der Waals surface area contributed by atoms with E-state index in [1.807, 2.05) is 43.3 Å². The number of hydrogen-bond donors (Lipinski definition) is 1. The molecule has 2 aromatic carbocycles. The van der Waals surface area contributed by atoms with Gasteiger partial charge in [-0.15, -0.1) is 0 Å². The second-order valence-corrected chi connectivity index (χ2v) is 8.75. The Morgan fingerprint density at radius 2 is 1.54 bits per heavy atom. The molecule has 2 aliphatic rings. The van der Waals surface area contributed by atoms with Gasteiger partial charge in [0.2, 0.25) is 5.90 Å². The van der Waals surface area contributed by atoms with Crippen molar-refractivity contribution in [2.24, 2.45) is 10.4 Å². The average molecular weight is 500 g/mol. The number of nitrogens with zero attached hydrogens (tertiary/aromatic N) is 1. The van der Waals surface area contributed by atoms with Crippen molar-refractivity contribution in [2.45, 2.75) is 25.4 Å². The molecule has 3 nitrogen and oxygen atoms in total. The molecule has 1 unspecified atom stereocenters. The van der Waals surface area contributed by atoms with Gasteiger partial charge in [0, 0.05) is 15.6 Å². The quantitative estimate of drug-likeness (QED) is 0.486. The van der Waals surface area contributed by atoms with Crippen molar-refractivity contribution in [3.05, 3.63) is 67.7 Å². The average Bonchev–Trinajstić information content (AvgIpc) is 3.42. The summed E-state index contributed by atoms with van der Waals surface area (Å²) in [5, 5.41) is 12.6. The van der Waals surface area contributed by atoms with E-state index in [1.54, 1.807) is 12.1 Å². The van der Waals surface area contributed by atoms with Gasteiger partial charge in [0.25, 0.3) is 0 Å². The van der Waals surface area contributed by atoms with E-state index in [-0.39, 0.29) is 0 Å². The van der Waals surface area contributed by atoms with Crippen molar-refractivity contribution in [1.82, 2.24) is 0 Å². The molecule has 0 radical (unpaired) electrons. The summed E-state index contributed by atoms with van der Waals surface area (Å²) in [5.41, 5.74) is 0.0997. The molecule has 1 heterocycles. The van der Waals surface area contributed by atoms with Crippen LogP contribution in [0, 0.1) is 5.41 Å². The van der Waals surface area contributed by atoms with Crippen LogP contribution in [0.4, 0.5) is 5.69 Å². The maximum Gasteiger partial charge on any atom is 0.204 e. The van der Waals surface area contributed by atoms with Gasteiger partial charge in [-0.3, -0.25) is 0 Å². The maximum absolute atomic E-state index is 11.3. The summed E-state index contributed by atoms with van der Waals surface area (Å²) in [6.45, 7) is 1.84. The number of rotatable bonds is 2. The highest BCUT2D eigenvalue weighted by Gasteiger charge is 2.65. The summed E-state index contributed by atoms with van der Waals surface area (Å²) in [6.07, 6.45) is 1.68. The molecular weight excluding hydrogens is 484 g/mol. The van der Waals surface area contributed by atoms with Crippen LogP contribution in [0.25, 0.3) is 5.76 Å². The number of benzene rings is 2. The number of hydrogen-bond acceptors (Lipinski definition) is 3. The highest BCUT2D eigenvalue weighted by molar-refractivity contribution is 14.1. The third kappa shape index (κ3) is 2.97. The van der Waals surface area contributed by atoms with Crippen LogP contribution in [0.1, 0.15) is 25.3 Å². The van der Waals surface area contributed by atoms with Gasteiger partial charge in [-0.2, -0.15) is 0 Å². The van der Waals surface area contributed by atoms with Gasteiger partial charge in [0.1, 0.15) is 11.4 Å². The summed E-state index contributed by atoms with van der Waals surface area (Å²) >= 11 is 14.2. The first-order chi connectivity index (χ1) is 12.3. The lowest BCUT2D eigenvalue weighted by molar-refractivity contribution is 0.0457. The Labute approximate surface area is 175 Å². The second-order valence-electron chi connectivity index (χ2n) is 6.80. The van der Waals surface area contributed by atoms with Crippen LogP contribution in [0.2, 0.25) is 10.0 Å². The molecule has 1 fully saturated rings. The minimum Gasteiger partial charge on any atom is -0.441 e. The monoisotopic (exact) mass is 499 g/mol. The minimum absolute atomic E-state index is 0.473. The zero-order chi connectivity index (χ0) is 18.5. The van der Waals surface area contributed by atoms with Gasteiger partial charge < -0.3 is 9.84 Å². The predicted octanol–water partition coefficient (Wildman–Crippen LogP) is 6.39. The molecule has 0 aromatic heterocycles. The van der Waals surface area contributed by atoms with Gasteiger partial charge in [-0.25, -0.2) is 4.99 Å². The highest BCUT2D eigenvalue weighted by Crippen LogP contribution is 2.63. The van der Waals surface area contributed by atoms with E-state index < -0.39 is 11.0 Å². The first kappa shape index (κ1) is 18.3. The summed E-state index contributed by atoms with van der Waals surface area (Å²) in [4.78, 5) is 4.71. The zero-order valence-electron chi connectivity index (χ0n) is 14.0. The Hall–Kier alpha value is -1.08. The molecule has 1 atom stereocenters. The van der Waals surface area contributed by atoms with Crippen LogP contribution in [0.15, 0.2) is 57.1 Å². The zero-order valence-corrected chi connectivity index (χ0v) is 17.6. The van der Waals surface area contributed by atoms with E-state index in [9.17, 15) is 5.11 Å². The van der Waals surface area contributed by atoms with E-state index in [0.717, 1.165) is 27.7 Å². The number of aliphatic imine (C=N–C) groups is 1. The van der Waals surface area contributed by atoms with Crippen LogP contribution < -0.4 is 0 Å². The van der Waals surface area contributed by atoms with Crippen LogP contribution in [-0.2, 0) is 4.74 Å². The van der Waals surface area contributed by atoms with E-state index in [2.05, 4.69) is 22.6 Å². The largest absolute Gasteiger partial charge is 0.441 e. The van der Waals surface area contributed by atoms with Gasteiger partial charge in [0.15, 0.2) is 0 Å². The molecule has 1 N–H and O–H groups in total. The van der Waals surface area contributed by atoms with Crippen molar-refractivity contribution in [1.29, 1.82) is 0 Å². The summed E-state index contributed by atoms with van der Waals surface area (Å²) in [6, 6.07) is 14.7. The summed E-state index contributed by atoms with van der Waals surface area (Å²) in [5.74, 6) is 1.17. The predicted molar refractivity (Wildman–Crippen MR) is 114 cm³/mol. The van der Waals surface area contributed by atoms with Gasteiger partial charge in [0.05, 0.1) is 14.7 Å². The van der Waals surface area contributed by atoms with Crippen molar-refractivity contribution in [3.8, 4) is 0 Å². The lowest BCUT2D eigenvalue weighted by Gasteiger charge is -2.39. The molecule has 6 heteroatoms. The maximum atomic E-state index is 11.3. The lowest BCUT2D eigenvalue weighted by atomic mass is 9.82. The fraction of sp³-hybridized carbons (Fsp3) is 0.250. The number of ether oxygens (including phenoxy) is 1. The Morgan fingerprint density at radius 3 is 2.08 bits per heavy atom.